The van der Waals surface area contributed by atoms with E-state index in [1.54, 1.807) is 6.20 Å². The lowest BCUT2D eigenvalue weighted by molar-refractivity contribution is 1.11. The third kappa shape index (κ3) is 1.73. The van der Waals surface area contributed by atoms with E-state index in [9.17, 15) is 0 Å². The van der Waals surface area contributed by atoms with Gasteiger partial charge in [0.1, 0.15) is 0 Å². The second kappa shape index (κ2) is 3.72. The third-order valence-electron chi connectivity index (χ3n) is 1.81. The first-order chi connectivity index (χ1) is 6.79. The predicted molar refractivity (Wildman–Crippen MR) is 56.6 cm³/mol. The normalized spacial score (nSPS) is 10.0. The Morgan fingerprint density at radius 1 is 1.36 bits per heavy atom. The molecule has 0 atom stereocenters. The molecule has 2 rings (SSSR count). The van der Waals surface area contributed by atoms with Crippen LogP contribution in [-0.2, 0) is 6.42 Å². The maximum absolute atomic E-state index is 8.51. The van der Waals surface area contributed by atoms with Crippen molar-refractivity contribution >= 4 is 27.0 Å². The van der Waals surface area contributed by atoms with Gasteiger partial charge in [0.25, 0.3) is 0 Å². The predicted octanol–water partition coefficient (Wildman–Crippen LogP) is 2.46. The van der Waals surface area contributed by atoms with E-state index in [1.807, 2.05) is 24.3 Å². The SMILES string of the molecule is N#CCc1cnc2cc(Br)ccc2n1. The Bertz CT molecular complexity index is 516. The molecule has 0 unspecified atom stereocenters. The molecule has 0 saturated carbocycles. The van der Waals surface area contributed by atoms with Crippen LogP contribution in [0.2, 0.25) is 0 Å². The molecule has 0 N–H and O–H groups in total. The first kappa shape index (κ1) is 9.10. The van der Waals surface area contributed by atoms with Crippen LogP contribution in [0.4, 0.5) is 0 Å². The average molecular weight is 248 g/mol. The summed E-state index contributed by atoms with van der Waals surface area (Å²) >= 11 is 3.36. The topological polar surface area (TPSA) is 49.6 Å². The molecule has 2 aromatic rings. The Hall–Kier alpha value is -1.47. The molecule has 1 heterocycles. The lowest BCUT2D eigenvalue weighted by Gasteiger charge is -1.98. The number of aromatic nitrogens is 2. The molecule has 1 aromatic carbocycles. The Morgan fingerprint density at radius 3 is 3.00 bits per heavy atom. The van der Waals surface area contributed by atoms with Gasteiger partial charge < -0.3 is 0 Å². The molecule has 0 aliphatic heterocycles. The van der Waals surface area contributed by atoms with Crippen LogP contribution < -0.4 is 0 Å². The molecule has 0 radical (unpaired) electrons. The zero-order valence-electron chi connectivity index (χ0n) is 7.24. The van der Waals surface area contributed by atoms with Gasteiger partial charge >= 0.3 is 0 Å². The van der Waals surface area contributed by atoms with Gasteiger partial charge in [-0.2, -0.15) is 5.26 Å². The van der Waals surface area contributed by atoms with Gasteiger partial charge in [-0.15, -0.1) is 0 Å². The van der Waals surface area contributed by atoms with E-state index >= 15 is 0 Å². The fraction of sp³-hybridized carbons (Fsp3) is 0.100. The van der Waals surface area contributed by atoms with E-state index in [1.165, 1.54) is 0 Å². The fourth-order valence-electron chi connectivity index (χ4n) is 1.19. The molecule has 0 saturated heterocycles. The van der Waals surface area contributed by atoms with Crippen molar-refractivity contribution in [2.75, 3.05) is 0 Å². The molecule has 0 aliphatic carbocycles. The molecule has 4 heteroatoms. The molecule has 0 spiro atoms. The number of fused-ring (bicyclic) bond motifs is 1. The van der Waals surface area contributed by atoms with Crippen molar-refractivity contribution in [1.82, 2.24) is 9.97 Å². The number of hydrogen-bond donors (Lipinski definition) is 0. The molecule has 0 amide bonds. The summed E-state index contributed by atoms with van der Waals surface area (Å²) in [7, 11) is 0. The van der Waals surface area contributed by atoms with Crippen molar-refractivity contribution in [3.63, 3.8) is 0 Å². The molecule has 3 nitrogen and oxygen atoms in total. The number of rotatable bonds is 1. The highest BCUT2D eigenvalue weighted by Gasteiger charge is 1.99. The lowest BCUT2D eigenvalue weighted by atomic mass is 10.3. The van der Waals surface area contributed by atoms with E-state index in [0.29, 0.717) is 12.1 Å². The Balaban J connectivity index is 2.57. The van der Waals surface area contributed by atoms with Crippen molar-refractivity contribution < 1.29 is 0 Å². The van der Waals surface area contributed by atoms with Crippen LogP contribution in [0.15, 0.2) is 28.9 Å². The van der Waals surface area contributed by atoms with Gasteiger partial charge in [-0.1, -0.05) is 15.9 Å². The highest BCUT2D eigenvalue weighted by atomic mass is 79.9. The van der Waals surface area contributed by atoms with E-state index in [2.05, 4.69) is 25.9 Å². The number of halogens is 1. The minimum Gasteiger partial charge on any atom is -0.253 e. The van der Waals surface area contributed by atoms with Crippen LogP contribution in [-0.4, -0.2) is 9.97 Å². The summed E-state index contributed by atoms with van der Waals surface area (Å²) in [6, 6.07) is 7.74. The smallest absolute Gasteiger partial charge is 0.0898 e. The molecule has 14 heavy (non-hydrogen) atoms. The molecule has 1 aromatic heterocycles. The summed E-state index contributed by atoms with van der Waals surface area (Å²) in [6.45, 7) is 0. The summed E-state index contributed by atoms with van der Waals surface area (Å²) in [5, 5.41) is 8.51. The van der Waals surface area contributed by atoms with Gasteiger partial charge in [0.2, 0.25) is 0 Å². The van der Waals surface area contributed by atoms with Gasteiger partial charge in [-0.3, -0.25) is 4.98 Å². The molecule has 68 valence electrons. The van der Waals surface area contributed by atoms with Crippen molar-refractivity contribution in [3.05, 3.63) is 34.6 Å². The van der Waals surface area contributed by atoms with Crippen LogP contribution in [0.25, 0.3) is 11.0 Å². The van der Waals surface area contributed by atoms with E-state index in [4.69, 9.17) is 5.26 Å². The van der Waals surface area contributed by atoms with Gasteiger partial charge in [-0.25, -0.2) is 4.98 Å². The summed E-state index contributed by atoms with van der Waals surface area (Å²) in [4.78, 5) is 8.52. The van der Waals surface area contributed by atoms with Crippen molar-refractivity contribution in [1.29, 1.82) is 5.26 Å². The second-order valence-corrected chi connectivity index (χ2v) is 3.74. The van der Waals surface area contributed by atoms with Crippen LogP contribution in [0.1, 0.15) is 5.69 Å². The first-order valence-electron chi connectivity index (χ1n) is 4.08. The highest BCUT2D eigenvalue weighted by molar-refractivity contribution is 9.10. The van der Waals surface area contributed by atoms with Crippen LogP contribution in [0.3, 0.4) is 0 Å². The van der Waals surface area contributed by atoms with Crippen LogP contribution >= 0.6 is 15.9 Å². The number of hydrogen-bond acceptors (Lipinski definition) is 3. The van der Waals surface area contributed by atoms with Crippen LogP contribution in [0, 0.1) is 11.3 Å². The van der Waals surface area contributed by atoms with E-state index < -0.39 is 0 Å². The summed E-state index contributed by atoms with van der Waals surface area (Å²) in [6.07, 6.45) is 1.94. The van der Waals surface area contributed by atoms with Crippen molar-refractivity contribution in [3.8, 4) is 6.07 Å². The van der Waals surface area contributed by atoms with Crippen LogP contribution in [0.5, 0.6) is 0 Å². The monoisotopic (exact) mass is 247 g/mol. The van der Waals surface area contributed by atoms with E-state index in [-0.39, 0.29) is 0 Å². The van der Waals surface area contributed by atoms with Gasteiger partial charge in [0, 0.05) is 4.47 Å². The molecule has 0 fully saturated rings. The van der Waals surface area contributed by atoms with Gasteiger partial charge in [0.15, 0.2) is 0 Å². The Morgan fingerprint density at radius 2 is 2.21 bits per heavy atom. The molecule has 0 aliphatic rings. The average Bonchev–Trinajstić information content (AvgIpc) is 2.19. The Kier molecular flexibility index (Phi) is 2.42. The minimum absolute atomic E-state index is 0.305. The maximum Gasteiger partial charge on any atom is 0.0898 e. The summed E-state index contributed by atoms with van der Waals surface area (Å²) < 4.78 is 0.979. The lowest BCUT2D eigenvalue weighted by Crippen LogP contribution is -1.91. The number of nitrogens with zero attached hydrogens (tertiary/aromatic N) is 3. The van der Waals surface area contributed by atoms with Crippen molar-refractivity contribution in [2.24, 2.45) is 0 Å². The largest absolute Gasteiger partial charge is 0.253 e. The third-order valence-corrected chi connectivity index (χ3v) is 2.31. The quantitative estimate of drug-likeness (QED) is 0.778. The van der Waals surface area contributed by atoms with E-state index in [0.717, 1.165) is 15.5 Å². The van der Waals surface area contributed by atoms with Crippen molar-refractivity contribution in [2.45, 2.75) is 6.42 Å². The molecule has 0 bridgehead atoms. The first-order valence-corrected chi connectivity index (χ1v) is 4.87. The molecular weight excluding hydrogens is 242 g/mol. The molecular formula is C10H6BrN3. The fourth-order valence-corrected chi connectivity index (χ4v) is 1.54. The zero-order valence-corrected chi connectivity index (χ0v) is 8.82. The second-order valence-electron chi connectivity index (χ2n) is 2.83. The van der Waals surface area contributed by atoms with Gasteiger partial charge in [-0.05, 0) is 18.2 Å². The minimum atomic E-state index is 0.305. The highest BCUT2D eigenvalue weighted by Crippen LogP contribution is 2.16. The zero-order chi connectivity index (χ0) is 9.97. The standard InChI is InChI=1S/C10H6BrN3/c11-7-1-2-9-10(5-7)13-6-8(14-9)3-4-12/h1-2,5-6H,3H2. The van der Waals surface area contributed by atoms with Gasteiger partial charge in [0.05, 0.1) is 35.4 Å². The summed E-state index contributed by atoms with van der Waals surface area (Å²) in [5.41, 5.74) is 2.37. The number of benzene rings is 1. The Labute approximate surface area is 89.5 Å². The maximum atomic E-state index is 8.51. The number of nitriles is 1. The summed E-state index contributed by atoms with van der Waals surface area (Å²) in [5.74, 6) is 0.